The highest BCUT2D eigenvalue weighted by atomic mass is 79.9. The Bertz CT molecular complexity index is 1610. The van der Waals surface area contributed by atoms with Gasteiger partial charge in [0, 0.05) is 15.2 Å². The predicted octanol–water partition coefficient (Wildman–Crippen LogP) is 5.24. The number of ether oxygens (including phenoxy) is 3. The molecule has 3 aromatic carbocycles. The summed E-state index contributed by atoms with van der Waals surface area (Å²) in [6.45, 7) is -0.566. The lowest BCUT2D eigenvalue weighted by atomic mass is 9.81. The third-order valence-electron chi connectivity index (χ3n) is 8.38. The summed E-state index contributed by atoms with van der Waals surface area (Å²) in [6.07, 6.45) is 0.796. The molecule has 3 aromatic rings. The predicted molar refractivity (Wildman–Crippen MR) is 162 cm³/mol. The molecule has 0 radical (unpaired) electrons. The number of halogens is 2. The Hall–Kier alpha value is -3.83. The molecule has 2 aliphatic carbocycles. The standard InChI is InChI=1S/C32H25Br2NO8/c1-41-19-6-4-5-17(13-19)31(39)43-18-11-9-16(10-12-18)24(36)15-42-32(40)20-7-2-3-8-23(20)35-29(37)25-21-14-22(26(25)30(35)38)28(34)27(21)33/h2-13,21-22,25-28H,14-15H2,1H3. The molecule has 220 valence electrons. The maximum absolute atomic E-state index is 13.5. The molecular formula is C32H25Br2NO8. The number of anilines is 1. The lowest BCUT2D eigenvalue weighted by Crippen LogP contribution is -2.37. The average molecular weight is 711 g/mol. The van der Waals surface area contributed by atoms with E-state index in [2.05, 4.69) is 31.9 Å². The molecule has 11 heteroatoms. The van der Waals surface area contributed by atoms with Crippen LogP contribution < -0.4 is 14.4 Å². The zero-order chi connectivity index (χ0) is 30.4. The summed E-state index contributed by atoms with van der Waals surface area (Å²) >= 11 is 7.36. The number of imide groups is 1. The van der Waals surface area contributed by atoms with Crippen molar-refractivity contribution in [3.8, 4) is 11.5 Å². The molecule has 3 fully saturated rings. The van der Waals surface area contributed by atoms with E-state index in [-0.39, 0.29) is 55.9 Å². The lowest BCUT2D eigenvalue weighted by Gasteiger charge is -2.28. The van der Waals surface area contributed by atoms with Gasteiger partial charge in [-0.2, -0.15) is 0 Å². The minimum atomic E-state index is -0.829. The van der Waals surface area contributed by atoms with Crippen molar-refractivity contribution in [3.63, 3.8) is 0 Å². The first-order valence-electron chi connectivity index (χ1n) is 13.6. The van der Waals surface area contributed by atoms with Gasteiger partial charge in [0.25, 0.3) is 0 Å². The van der Waals surface area contributed by atoms with Crippen molar-refractivity contribution in [2.45, 2.75) is 16.1 Å². The van der Waals surface area contributed by atoms with E-state index >= 15 is 0 Å². The molecule has 2 bridgehead atoms. The van der Waals surface area contributed by atoms with Crippen LogP contribution in [0.1, 0.15) is 37.5 Å². The van der Waals surface area contributed by atoms with Crippen LogP contribution in [0.3, 0.4) is 0 Å². The quantitative estimate of drug-likeness (QED) is 0.103. The summed E-state index contributed by atoms with van der Waals surface area (Å²) in [5, 5.41) is 0. The van der Waals surface area contributed by atoms with E-state index in [1.165, 1.54) is 37.4 Å². The van der Waals surface area contributed by atoms with Crippen molar-refractivity contribution >= 4 is 67.1 Å². The molecule has 43 heavy (non-hydrogen) atoms. The molecule has 0 spiro atoms. The highest BCUT2D eigenvalue weighted by Gasteiger charge is 2.66. The second-order valence-corrected chi connectivity index (χ2v) is 12.8. The van der Waals surface area contributed by atoms with Gasteiger partial charge >= 0.3 is 11.9 Å². The summed E-state index contributed by atoms with van der Waals surface area (Å²) < 4.78 is 15.8. The third-order valence-corrected chi connectivity index (χ3v) is 11.6. The second kappa shape index (κ2) is 11.7. The van der Waals surface area contributed by atoms with Gasteiger partial charge in [0.15, 0.2) is 12.4 Å². The summed E-state index contributed by atoms with van der Waals surface area (Å²) in [5.74, 6) is -2.57. The number of fused-ring (bicyclic) bond motifs is 5. The minimum absolute atomic E-state index is 0.0231. The molecule has 9 nitrogen and oxygen atoms in total. The van der Waals surface area contributed by atoms with Crippen molar-refractivity contribution in [3.05, 3.63) is 89.5 Å². The topological polar surface area (TPSA) is 116 Å². The number of Topliss-reactive ketones (excluding diaryl/α,β-unsaturated/α-hetero) is 1. The van der Waals surface area contributed by atoms with Crippen molar-refractivity contribution in [1.82, 2.24) is 0 Å². The normalized spacial score (nSPS) is 25.4. The molecule has 6 atom stereocenters. The number of benzene rings is 3. The summed E-state index contributed by atoms with van der Waals surface area (Å²) in [7, 11) is 1.50. The van der Waals surface area contributed by atoms with E-state index < -0.39 is 36.2 Å². The molecule has 0 aromatic heterocycles. The van der Waals surface area contributed by atoms with E-state index in [1.54, 1.807) is 42.5 Å². The number of nitrogens with zero attached hydrogens (tertiary/aromatic N) is 1. The SMILES string of the molecule is COc1cccc(C(=O)Oc2ccc(C(=O)COC(=O)c3ccccc3N3C(=O)C4C5CC(C(Br)C5Br)C4C3=O)cc2)c1. The van der Waals surface area contributed by atoms with Gasteiger partial charge in [0.1, 0.15) is 11.5 Å². The Morgan fingerprint density at radius 2 is 1.44 bits per heavy atom. The number of para-hydroxylation sites is 1. The van der Waals surface area contributed by atoms with Crippen molar-refractivity contribution in [2.75, 3.05) is 18.6 Å². The summed E-state index contributed by atoms with van der Waals surface area (Å²) in [5.41, 5.74) is 0.724. The van der Waals surface area contributed by atoms with Gasteiger partial charge in [-0.15, -0.1) is 0 Å². The molecule has 6 rings (SSSR count). The van der Waals surface area contributed by atoms with Gasteiger partial charge in [-0.1, -0.05) is 50.1 Å². The minimum Gasteiger partial charge on any atom is -0.497 e. The summed E-state index contributed by atoms with van der Waals surface area (Å²) in [4.78, 5) is 66.6. The molecule has 3 aliphatic rings. The average Bonchev–Trinajstić information content (AvgIpc) is 3.64. The first-order chi connectivity index (χ1) is 20.7. The number of ketones is 1. The van der Waals surface area contributed by atoms with Crippen LogP contribution in [0, 0.1) is 23.7 Å². The Balaban J connectivity index is 1.10. The Labute approximate surface area is 263 Å². The van der Waals surface area contributed by atoms with E-state index in [1.807, 2.05) is 0 Å². The van der Waals surface area contributed by atoms with E-state index in [0.717, 1.165) is 11.3 Å². The van der Waals surface area contributed by atoms with Crippen LogP contribution in [0.5, 0.6) is 11.5 Å². The molecule has 2 saturated carbocycles. The van der Waals surface area contributed by atoms with Crippen LogP contribution in [0.2, 0.25) is 0 Å². The van der Waals surface area contributed by atoms with E-state index in [0.29, 0.717) is 11.3 Å². The molecule has 1 heterocycles. The highest BCUT2D eigenvalue weighted by molar-refractivity contribution is 9.12. The first kappa shape index (κ1) is 29.3. The van der Waals surface area contributed by atoms with Crippen molar-refractivity contribution < 1.29 is 38.2 Å². The first-order valence-corrected chi connectivity index (χ1v) is 15.4. The zero-order valence-corrected chi connectivity index (χ0v) is 25.9. The number of rotatable bonds is 8. The lowest BCUT2D eigenvalue weighted by molar-refractivity contribution is -0.123. The Kier molecular flexibility index (Phi) is 7.95. The van der Waals surface area contributed by atoms with Gasteiger partial charge in [0.2, 0.25) is 11.8 Å². The van der Waals surface area contributed by atoms with E-state index in [4.69, 9.17) is 14.2 Å². The Morgan fingerprint density at radius 3 is 2.09 bits per heavy atom. The largest absolute Gasteiger partial charge is 0.497 e. The van der Waals surface area contributed by atoms with Gasteiger partial charge < -0.3 is 14.2 Å². The molecule has 1 saturated heterocycles. The number of alkyl halides is 2. The number of amides is 2. The fourth-order valence-electron chi connectivity index (χ4n) is 6.34. The number of hydrogen-bond donors (Lipinski definition) is 0. The zero-order valence-electron chi connectivity index (χ0n) is 22.8. The van der Waals surface area contributed by atoms with Crippen molar-refractivity contribution in [1.29, 1.82) is 0 Å². The fraction of sp³-hybridized carbons (Fsp3) is 0.281. The van der Waals surface area contributed by atoms with Gasteiger partial charge in [-0.05, 0) is 72.9 Å². The molecule has 1 aliphatic heterocycles. The number of methoxy groups -OCH3 is 1. The third kappa shape index (κ3) is 5.18. The maximum Gasteiger partial charge on any atom is 0.343 e. The van der Waals surface area contributed by atoms with Crippen LogP contribution >= 0.6 is 31.9 Å². The smallest absolute Gasteiger partial charge is 0.343 e. The van der Waals surface area contributed by atoms with Crippen LogP contribution in [0.4, 0.5) is 5.69 Å². The second-order valence-electron chi connectivity index (χ2n) is 10.7. The van der Waals surface area contributed by atoms with E-state index in [9.17, 15) is 24.0 Å². The van der Waals surface area contributed by atoms with Crippen molar-refractivity contribution in [2.24, 2.45) is 23.7 Å². The van der Waals surface area contributed by atoms with Gasteiger partial charge in [-0.3, -0.25) is 14.4 Å². The number of hydrogen-bond acceptors (Lipinski definition) is 8. The van der Waals surface area contributed by atoms with Gasteiger partial charge in [-0.25, -0.2) is 14.5 Å². The van der Waals surface area contributed by atoms with Gasteiger partial charge in [0.05, 0.1) is 35.8 Å². The van der Waals surface area contributed by atoms with Crippen LogP contribution in [0.15, 0.2) is 72.8 Å². The molecule has 6 unspecified atom stereocenters. The van der Waals surface area contributed by atoms with Crippen LogP contribution in [-0.2, 0) is 14.3 Å². The summed E-state index contributed by atoms with van der Waals surface area (Å²) in [6, 6.07) is 18.6. The number of carbonyl (C=O) groups excluding carboxylic acids is 5. The Morgan fingerprint density at radius 1 is 0.791 bits per heavy atom. The molecule has 2 amide bonds. The van der Waals surface area contributed by atoms with Crippen LogP contribution in [0.25, 0.3) is 0 Å². The molecular weight excluding hydrogens is 686 g/mol. The number of esters is 2. The molecule has 0 N–H and O–H groups in total. The fourth-order valence-corrected chi connectivity index (χ4v) is 8.22. The monoisotopic (exact) mass is 709 g/mol. The highest BCUT2D eigenvalue weighted by Crippen LogP contribution is 2.60. The number of carbonyl (C=O) groups is 5. The maximum atomic E-state index is 13.5. The van der Waals surface area contributed by atoms with Crippen LogP contribution in [-0.4, -0.2) is 52.9 Å².